The molecule has 4 atom stereocenters. The van der Waals surface area contributed by atoms with Gasteiger partial charge in [0.1, 0.15) is 5.60 Å². The zero-order valence-electron chi connectivity index (χ0n) is 26.6. The molecule has 0 spiro atoms. The van der Waals surface area contributed by atoms with Crippen LogP contribution in [0, 0.1) is 23.2 Å². The largest absolute Gasteiger partial charge is 0.406 e. The van der Waals surface area contributed by atoms with Gasteiger partial charge in [-0.3, -0.25) is 0 Å². The number of hydrogen-bond acceptors (Lipinski definition) is 5. The summed E-state index contributed by atoms with van der Waals surface area (Å²) >= 11 is 1.23. The maximum absolute atomic E-state index is 15.7. The van der Waals surface area contributed by atoms with Crippen LogP contribution >= 0.6 is 11.3 Å². The predicted molar refractivity (Wildman–Crippen MR) is 174 cm³/mol. The summed E-state index contributed by atoms with van der Waals surface area (Å²) in [4.78, 5) is 4.39. The number of hydrogen-bond donors (Lipinski definition) is 0. The van der Waals surface area contributed by atoms with Gasteiger partial charge in [-0.05, 0) is 106 Å². The molecule has 1 heterocycles. The van der Waals surface area contributed by atoms with Gasteiger partial charge in [0, 0.05) is 6.42 Å². The molecular formula is C33H51F2NO3S2Si. The van der Waals surface area contributed by atoms with E-state index in [2.05, 4.69) is 39.6 Å². The zero-order valence-corrected chi connectivity index (χ0v) is 29.3. The molecule has 2 aromatic rings. The maximum atomic E-state index is 15.7. The van der Waals surface area contributed by atoms with Gasteiger partial charge in [0.25, 0.3) is 5.92 Å². The van der Waals surface area contributed by atoms with Crippen molar-refractivity contribution in [1.82, 2.24) is 4.98 Å². The number of sulfone groups is 1. The fraction of sp³-hybridized carbons (Fsp3) is 0.727. The summed E-state index contributed by atoms with van der Waals surface area (Å²) in [6.07, 6.45) is 7.26. The summed E-state index contributed by atoms with van der Waals surface area (Å²) in [6.45, 7) is 13.9. The Morgan fingerprint density at radius 2 is 1.83 bits per heavy atom. The van der Waals surface area contributed by atoms with Crippen LogP contribution < -0.4 is 0 Å². The average molecular weight is 640 g/mol. The number of alkyl halides is 2. The normalized spacial score (nSPS) is 25.7. The van der Waals surface area contributed by atoms with Gasteiger partial charge in [-0.2, -0.15) is 0 Å². The lowest BCUT2D eigenvalue weighted by atomic mass is 9.60. The summed E-state index contributed by atoms with van der Waals surface area (Å²) in [5, 5.41) is 0. The molecular weight excluding hydrogens is 589 g/mol. The van der Waals surface area contributed by atoms with Gasteiger partial charge in [-0.25, -0.2) is 22.2 Å². The SMILES string of the molecule is CC[Si](CC)(CC)OC(C)(C)C(F)(F)CC[C@@H](C)[C@H]1CC[C@H]2/C(=C/CS(=O)(=O)c3nc4ccccc4s3)CCC[C@]12C. The Balaban J connectivity index is 1.43. The van der Waals surface area contributed by atoms with E-state index in [9.17, 15) is 8.42 Å². The Bertz CT molecular complexity index is 1330. The number of thiazole rings is 1. The van der Waals surface area contributed by atoms with Crippen LogP contribution in [0.1, 0.15) is 93.4 Å². The van der Waals surface area contributed by atoms with Crippen LogP contribution in [0.25, 0.3) is 10.2 Å². The van der Waals surface area contributed by atoms with E-state index in [1.54, 1.807) is 13.8 Å². The highest BCUT2D eigenvalue weighted by Crippen LogP contribution is 2.60. The van der Waals surface area contributed by atoms with E-state index in [0.29, 0.717) is 18.3 Å². The first kappa shape index (κ1) is 33.7. The molecule has 0 saturated heterocycles. The van der Waals surface area contributed by atoms with Crippen molar-refractivity contribution in [3.63, 3.8) is 0 Å². The lowest BCUT2D eigenvalue weighted by molar-refractivity contribution is -0.159. The molecule has 0 amide bonds. The molecule has 4 nitrogen and oxygen atoms in total. The van der Waals surface area contributed by atoms with Gasteiger partial charge in [-0.1, -0.05) is 58.4 Å². The van der Waals surface area contributed by atoms with E-state index >= 15 is 8.78 Å². The highest BCUT2D eigenvalue weighted by molar-refractivity contribution is 7.93. The van der Waals surface area contributed by atoms with E-state index in [-0.39, 0.29) is 27.8 Å². The molecule has 2 aliphatic rings. The number of rotatable bonds is 13. The minimum atomic E-state index is -3.52. The molecule has 4 rings (SSSR count). The van der Waals surface area contributed by atoms with Crippen molar-refractivity contribution in [2.24, 2.45) is 23.2 Å². The molecule has 42 heavy (non-hydrogen) atoms. The molecule has 9 heteroatoms. The molecule has 0 bridgehead atoms. The maximum Gasteiger partial charge on any atom is 0.274 e. The molecule has 0 unspecified atom stereocenters. The topological polar surface area (TPSA) is 56.3 Å². The second-order valence-corrected chi connectivity index (χ2v) is 21.6. The molecule has 1 aromatic heterocycles. The molecule has 2 saturated carbocycles. The Hall–Kier alpha value is -1.16. The van der Waals surface area contributed by atoms with Gasteiger partial charge >= 0.3 is 0 Å². The van der Waals surface area contributed by atoms with Crippen molar-refractivity contribution in [1.29, 1.82) is 0 Å². The summed E-state index contributed by atoms with van der Waals surface area (Å²) in [5.41, 5.74) is 0.496. The van der Waals surface area contributed by atoms with E-state index in [4.69, 9.17) is 4.43 Å². The van der Waals surface area contributed by atoms with Crippen LogP contribution in [0.5, 0.6) is 0 Å². The Morgan fingerprint density at radius 1 is 1.17 bits per heavy atom. The van der Waals surface area contributed by atoms with Gasteiger partial charge in [-0.15, -0.1) is 11.3 Å². The first-order valence-corrected chi connectivity index (χ1v) is 21.0. The van der Waals surface area contributed by atoms with Crippen molar-refractivity contribution in [2.75, 3.05) is 5.75 Å². The van der Waals surface area contributed by atoms with Gasteiger partial charge in [0.2, 0.25) is 14.2 Å². The van der Waals surface area contributed by atoms with Crippen molar-refractivity contribution < 1.29 is 21.6 Å². The number of para-hydroxylation sites is 1. The Morgan fingerprint density at radius 3 is 2.48 bits per heavy atom. The van der Waals surface area contributed by atoms with Crippen LogP contribution in [-0.4, -0.2) is 39.0 Å². The van der Waals surface area contributed by atoms with Crippen molar-refractivity contribution in [3.8, 4) is 0 Å². The van der Waals surface area contributed by atoms with E-state index in [1.807, 2.05) is 30.3 Å². The Kier molecular flexibility index (Phi) is 10.2. The van der Waals surface area contributed by atoms with E-state index < -0.39 is 29.7 Å². The monoisotopic (exact) mass is 639 g/mol. The fourth-order valence-electron chi connectivity index (χ4n) is 8.02. The predicted octanol–water partition coefficient (Wildman–Crippen LogP) is 10.1. The lowest BCUT2D eigenvalue weighted by Crippen LogP contribution is -2.53. The van der Waals surface area contributed by atoms with Gasteiger partial charge < -0.3 is 4.43 Å². The minimum Gasteiger partial charge on any atom is -0.406 e. The number of allylic oxidation sites excluding steroid dienone is 1. The number of nitrogens with zero attached hydrogens (tertiary/aromatic N) is 1. The molecule has 0 radical (unpaired) electrons. The van der Waals surface area contributed by atoms with Crippen LogP contribution in [0.4, 0.5) is 8.78 Å². The molecule has 1 aromatic carbocycles. The molecule has 236 valence electrons. The van der Waals surface area contributed by atoms with Crippen LogP contribution in [0.15, 0.2) is 40.3 Å². The van der Waals surface area contributed by atoms with E-state index in [1.165, 1.54) is 16.9 Å². The number of benzene rings is 1. The van der Waals surface area contributed by atoms with E-state index in [0.717, 1.165) is 60.5 Å². The highest BCUT2D eigenvalue weighted by atomic mass is 32.2. The van der Waals surface area contributed by atoms with Crippen LogP contribution in [0.3, 0.4) is 0 Å². The second-order valence-electron chi connectivity index (χ2n) is 13.7. The molecule has 0 N–H and O–H groups in total. The van der Waals surface area contributed by atoms with Gasteiger partial charge in [0.15, 0.2) is 8.32 Å². The lowest BCUT2D eigenvalue weighted by Gasteiger charge is -2.45. The minimum absolute atomic E-state index is 0.0130. The number of aromatic nitrogens is 1. The number of halogens is 2. The zero-order chi connectivity index (χ0) is 31.0. The van der Waals surface area contributed by atoms with Crippen LogP contribution in [0.2, 0.25) is 18.1 Å². The average Bonchev–Trinajstić information content (AvgIpc) is 3.55. The van der Waals surface area contributed by atoms with Gasteiger partial charge in [0.05, 0.1) is 16.0 Å². The third-order valence-electron chi connectivity index (χ3n) is 11.0. The molecule has 2 fully saturated rings. The molecule has 2 aliphatic carbocycles. The first-order valence-electron chi connectivity index (χ1n) is 16.0. The summed E-state index contributed by atoms with van der Waals surface area (Å²) in [6, 6.07) is 10.1. The van der Waals surface area contributed by atoms with Crippen LogP contribution in [-0.2, 0) is 14.3 Å². The van der Waals surface area contributed by atoms with Crippen molar-refractivity contribution >= 4 is 39.7 Å². The third-order valence-corrected chi connectivity index (χ3v) is 18.9. The first-order chi connectivity index (χ1) is 19.6. The third kappa shape index (κ3) is 6.59. The smallest absolute Gasteiger partial charge is 0.274 e. The second kappa shape index (κ2) is 12.7. The van der Waals surface area contributed by atoms with Crippen molar-refractivity contribution in [2.45, 2.75) is 127 Å². The highest BCUT2D eigenvalue weighted by Gasteiger charge is 2.53. The summed E-state index contributed by atoms with van der Waals surface area (Å²) < 4.78 is 65.3. The van der Waals surface area contributed by atoms with Crippen molar-refractivity contribution in [3.05, 3.63) is 35.9 Å². The number of fused-ring (bicyclic) bond motifs is 2. The quantitative estimate of drug-likeness (QED) is 0.162. The molecule has 0 aliphatic heterocycles. The fourth-order valence-corrected chi connectivity index (χ4v) is 13.7. The summed E-state index contributed by atoms with van der Waals surface area (Å²) in [5.74, 6) is -2.10. The summed E-state index contributed by atoms with van der Waals surface area (Å²) in [7, 11) is -5.69. The Labute approximate surface area is 257 Å². The standard InChI is InChI=1S/C33H51F2NO3S2Si/c1-8-42(9-2,10-3)39-31(5,6)33(34,35)22-19-24(4)26-17-18-27-25(14-13-21-32(26,27)7)20-23-41(37,38)30-36-28-15-11-12-16-29(28)40-30/h11-12,15-16,20,24,26-27H,8-10,13-14,17-19,21-23H2,1-7H3/b25-20+/t24-,26-,27+,32-/m1/s1.